The summed E-state index contributed by atoms with van der Waals surface area (Å²) >= 11 is 0. The van der Waals surface area contributed by atoms with Gasteiger partial charge in [0.2, 0.25) is 5.91 Å². The molecule has 1 aromatic heterocycles. The molecule has 1 atom stereocenters. The topological polar surface area (TPSA) is 266 Å². The van der Waals surface area contributed by atoms with Gasteiger partial charge in [0.25, 0.3) is 11.8 Å². The number of anilines is 3. The Kier molecular flexibility index (Phi) is 13.2. The predicted molar refractivity (Wildman–Crippen MR) is 208 cm³/mol. The largest absolute Gasteiger partial charge is 0.504 e. The van der Waals surface area contributed by atoms with Crippen molar-refractivity contribution in [2.75, 3.05) is 30.2 Å². The Bertz CT molecular complexity index is 2220. The van der Waals surface area contributed by atoms with E-state index in [1.165, 1.54) is 62.1 Å². The number of aromatic hydroxyl groups is 2. The molecule has 0 aliphatic heterocycles. The predicted octanol–water partition coefficient (Wildman–Crippen LogP) is 5.37. The van der Waals surface area contributed by atoms with Crippen LogP contribution in [0.25, 0.3) is 0 Å². The first-order valence-electron chi connectivity index (χ1n) is 17.4. The van der Waals surface area contributed by atoms with E-state index < -0.39 is 70.2 Å². The summed E-state index contributed by atoms with van der Waals surface area (Å²) in [6.45, 7) is 10.1. The molecule has 19 heteroatoms. The molecule has 58 heavy (non-hydrogen) atoms. The number of imidazole rings is 1. The van der Waals surface area contributed by atoms with E-state index in [2.05, 4.69) is 26.3 Å². The molecule has 0 radical (unpaired) electrons. The van der Waals surface area contributed by atoms with Crippen molar-refractivity contribution in [3.63, 3.8) is 0 Å². The van der Waals surface area contributed by atoms with Crippen LogP contribution in [0.4, 0.5) is 26.7 Å². The van der Waals surface area contributed by atoms with Crippen LogP contribution in [-0.4, -0.2) is 92.2 Å². The van der Waals surface area contributed by atoms with Crippen LogP contribution >= 0.6 is 0 Å². The summed E-state index contributed by atoms with van der Waals surface area (Å²) < 4.78 is 22.2. The molecule has 0 saturated carbocycles. The van der Waals surface area contributed by atoms with Gasteiger partial charge in [-0.2, -0.15) is 0 Å². The number of benzene rings is 3. The molecule has 1 heterocycles. The molecule has 4 rings (SSSR count). The highest BCUT2D eigenvalue weighted by Gasteiger charge is 2.28. The maximum absolute atomic E-state index is 13.5. The van der Waals surface area contributed by atoms with Gasteiger partial charge in [0.05, 0.1) is 36.9 Å². The molecule has 4 aromatic rings. The Morgan fingerprint density at radius 1 is 0.724 bits per heavy atom. The molecular formula is C39H44N6O13. The first kappa shape index (κ1) is 43.4. The summed E-state index contributed by atoms with van der Waals surface area (Å²) in [7, 11) is 2.36. The third-order valence-electron chi connectivity index (χ3n) is 7.72. The van der Waals surface area contributed by atoms with Crippen molar-refractivity contribution in [1.29, 1.82) is 0 Å². The second-order valence-electron chi connectivity index (χ2n) is 14.5. The van der Waals surface area contributed by atoms with Crippen LogP contribution in [-0.2, 0) is 20.7 Å². The second kappa shape index (κ2) is 17.7. The number of carboxylic acids is 1. The van der Waals surface area contributed by atoms with Gasteiger partial charge in [-0.15, -0.1) is 0 Å². The number of methoxy groups -OCH3 is 2. The van der Waals surface area contributed by atoms with Gasteiger partial charge in [0.15, 0.2) is 23.0 Å². The number of hydrogen-bond donors (Lipinski definition) is 7. The average molecular weight is 805 g/mol. The highest BCUT2D eigenvalue weighted by atomic mass is 16.6. The number of rotatable bonds is 12. The molecule has 4 amide bonds. The molecular weight excluding hydrogens is 760 g/mol. The third kappa shape index (κ3) is 11.1. The number of phenolic OH excluding ortho intramolecular Hbond substituents is 1. The highest BCUT2D eigenvalue weighted by molar-refractivity contribution is 6.10. The lowest BCUT2D eigenvalue weighted by molar-refractivity contribution is -0.118. The number of amides is 4. The molecule has 0 unspecified atom stereocenters. The SMILES string of the molecule is COc1c(NC(=O)c2ccc(NC(=O)c3ccc(NC(=O)[C@H](Cc4cn(C(=O)OC(C)(C)C)cn4)NC(=O)OC(C)(C)C)cc3)c(OC)c2O)ccc(C(=O)O)c1O. The molecule has 3 aromatic carbocycles. The number of carbonyl (C=O) groups is 6. The number of alkyl carbamates (subject to hydrolysis) is 1. The Labute approximate surface area is 332 Å². The molecule has 7 N–H and O–H groups in total. The quantitative estimate of drug-likeness (QED) is 0.0949. The normalized spacial score (nSPS) is 11.7. The zero-order valence-corrected chi connectivity index (χ0v) is 32.9. The summed E-state index contributed by atoms with van der Waals surface area (Å²) in [5.41, 5.74) is -1.81. The Balaban J connectivity index is 1.47. The molecule has 0 spiro atoms. The number of ether oxygens (including phenoxy) is 4. The van der Waals surface area contributed by atoms with Crippen LogP contribution in [0.15, 0.2) is 61.1 Å². The summed E-state index contributed by atoms with van der Waals surface area (Å²) in [6, 6.07) is 9.22. The van der Waals surface area contributed by atoms with Crippen LogP contribution in [0, 0.1) is 0 Å². The van der Waals surface area contributed by atoms with Gasteiger partial charge in [0.1, 0.15) is 29.1 Å². The van der Waals surface area contributed by atoms with E-state index in [1.54, 1.807) is 41.5 Å². The monoisotopic (exact) mass is 804 g/mol. The van der Waals surface area contributed by atoms with Crippen molar-refractivity contribution in [3.05, 3.63) is 83.4 Å². The summed E-state index contributed by atoms with van der Waals surface area (Å²) in [6.07, 6.45) is 0.931. The zero-order chi connectivity index (χ0) is 43.1. The molecule has 308 valence electrons. The number of nitrogens with one attached hydrogen (secondary N) is 4. The number of carbonyl (C=O) groups excluding carboxylic acids is 5. The first-order valence-corrected chi connectivity index (χ1v) is 17.4. The van der Waals surface area contributed by atoms with Crippen molar-refractivity contribution in [2.24, 2.45) is 0 Å². The number of phenols is 2. The van der Waals surface area contributed by atoms with E-state index in [9.17, 15) is 44.1 Å². The average Bonchev–Trinajstić information content (AvgIpc) is 3.59. The maximum Gasteiger partial charge on any atom is 0.419 e. The fourth-order valence-electron chi connectivity index (χ4n) is 5.18. The number of hydrogen-bond acceptors (Lipinski definition) is 13. The molecule has 19 nitrogen and oxygen atoms in total. The van der Waals surface area contributed by atoms with Gasteiger partial charge < -0.3 is 55.5 Å². The van der Waals surface area contributed by atoms with E-state index in [4.69, 9.17) is 18.9 Å². The van der Waals surface area contributed by atoms with Gasteiger partial charge in [-0.1, -0.05) is 0 Å². The van der Waals surface area contributed by atoms with Gasteiger partial charge >= 0.3 is 18.2 Å². The van der Waals surface area contributed by atoms with Gasteiger partial charge in [-0.25, -0.2) is 23.9 Å². The maximum atomic E-state index is 13.5. The fraction of sp³-hybridized carbons (Fsp3) is 0.308. The number of nitrogens with zero attached hydrogens (tertiary/aromatic N) is 2. The van der Waals surface area contributed by atoms with Crippen molar-refractivity contribution < 1.29 is 63.0 Å². The third-order valence-corrected chi connectivity index (χ3v) is 7.72. The standard InChI is InChI=1S/C39H44N6O13/c1-38(2,3)57-36(53)44-27(17-22-18-45(19-40-22)37(54)58-39(4,5)6)34(50)41-21-11-9-20(10-12-21)32(48)42-25-15-13-23(28(46)30(25)55-7)33(49)43-26-16-14-24(35(51)52)29(47)31(26)56-8/h9-16,18-19,27,46-47H,17H2,1-8H3,(H,41,50)(H,42,48)(H,43,49)(H,44,53)(H,51,52)/t27-/m0/s1. The second-order valence-corrected chi connectivity index (χ2v) is 14.5. The number of carboxylic acid groups (broad SMARTS) is 1. The molecule has 0 aliphatic rings. The summed E-state index contributed by atoms with van der Waals surface area (Å²) in [5, 5.41) is 40.7. The molecule has 0 aliphatic carbocycles. The van der Waals surface area contributed by atoms with E-state index in [0.29, 0.717) is 0 Å². The minimum Gasteiger partial charge on any atom is -0.504 e. The van der Waals surface area contributed by atoms with Crippen molar-refractivity contribution >= 4 is 52.9 Å². The van der Waals surface area contributed by atoms with Gasteiger partial charge in [-0.05, 0) is 90.1 Å². The van der Waals surface area contributed by atoms with E-state index in [1.807, 2.05) is 0 Å². The highest BCUT2D eigenvalue weighted by Crippen LogP contribution is 2.40. The van der Waals surface area contributed by atoms with Crippen molar-refractivity contribution in [1.82, 2.24) is 14.9 Å². The summed E-state index contributed by atoms with van der Waals surface area (Å²) in [5.74, 6) is -5.57. The lowest BCUT2D eigenvalue weighted by Crippen LogP contribution is -2.47. The van der Waals surface area contributed by atoms with Gasteiger partial charge in [0, 0.05) is 23.9 Å². The van der Waals surface area contributed by atoms with Crippen molar-refractivity contribution in [3.8, 4) is 23.0 Å². The van der Waals surface area contributed by atoms with Crippen molar-refractivity contribution in [2.45, 2.75) is 65.2 Å². The van der Waals surface area contributed by atoms with Crippen LogP contribution in [0.5, 0.6) is 23.0 Å². The van der Waals surface area contributed by atoms with Gasteiger partial charge in [-0.3, -0.25) is 14.4 Å². The number of aromatic nitrogens is 2. The first-order chi connectivity index (χ1) is 27.1. The van der Waals surface area contributed by atoms with Crippen LogP contribution in [0.1, 0.15) is 78.3 Å². The Morgan fingerprint density at radius 3 is 1.79 bits per heavy atom. The van der Waals surface area contributed by atoms with Crippen LogP contribution < -0.4 is 30.7 Å². The zero-order valence-electron chi connectivity index (χ0n) is 32.9. The van der Waals surface area contributed by atoms with Crippen LogP contribution in [0.2, 0.25) is 0 Å². The molecule has 0 bridgehead atoms. The molecule has 0 saturated heterocycles. The number of aromatic carboxylic acids is 1. The minimum atomic E-state index is -1.42. The van der Waals surface area contributed by atoms with Crippen LogP contribution in [0.3, 0.4) is 0 Å². The van der Waals surface area contributed by atoms with E-state index in [0.717, 1.165) is 17.7 Å². The Morgan fingerprint density at radius 2 is 1.26 bits per heavy atom. The van der Waals surface area contributed by atoms with E-state index in [-0.39, 0.29) is 51.8 Å². The lowest BCUT2D eigenvalue weighted by atomic mass is 10.1. The minimum absolute atomic E-state index is 0.00913. The molecule has 0 fully saturated rings. The lowest BCUT2D eigenvalue weighted by Gasteiger charge is -2.23. The summed E-state index contributed by atoms with van der Waals surface area (Å²) in [4.78, 5) is 80.6. The Hall–Kier alpha value is -7.31. The fourth-order valence-corrected chi connectivity index (χ4v) is 5.18. The smallest absolute Gasteiger partial charge is 0.419 e. The van der Waals surface area contributed by atoms with E-state index >= 15 is 0 Å².